The third-order valence-electron chi connectivity index (χ3n) is 2.09. The van der Waals surface area contributed by atoms with E-state index >= 15 is 0 Å². The number of piperidine rings is 1. The summed E-state index contributed by atoms with van der Waals surface area (Å²) in [6.45, 7) is 2.86. The molecule has 1 saturated heterocycles. The molecular weight excluding hydrogens is 180 g/mol. The zero-order chi connectivity index (χ0) is 10.4. The summed E-state index contributed by atoms with van der Waals surface area (Å²) in [7, 11) is 0. The Morgan fingerprint density at radius 2 is 2.43 bits per heavy atom. The highest BCUT2D eigenvalue weighted by Gasteiger charge is 2.17. The van der Waals surface area contributed by atoms with E-state index in [0.717, 1.165) is 31.5 Å². The second-order valence-corrected chi connectivity index (χ2v) is 3.07. The van der Waals surface area contributed by atoms with Crippen molar-refractivity contribution in [1.29, 1.82) is 5.26 Å². The molecule has 0 aromatic rings. The van der Waals surface area contributed by atoms with Gasteiger partial charge in [-0.25, -0.2) is 4.79 Å². The van der Waals surface area contributed by atoms with Gasteiger partial charge in [0.1, 0.15) is 6.07 Å². The zero-order valence-corrected chi connectivity index (χ0v) is 8.30. The molecule has 0 aliphatic carbocycles. The molecule has 0 aromatic carbocycles. The molecule has 0 amide bonds. The summed E-state index contributed by atoms with van der Waals surface area (Å²) in [4.78, 5) is 11.3. The van der Waals surface area contributed by atoms with Crippen LogP contribution in [0.15, 0.2) is 11.3 Å². The fourth-order valence-corrected chi connectivity index (χ4v) is 1.41. The molecule has 0 saturated carbocycles. The Morgan fingerprint density at radius 3 is 2.93 bits per heavy atom. The largest absolute Gasteiger partial charge is 0.462 e. The normalized spacial score (nSPS) is 19.1. The minimum Gasteiger partial charge on any atom is -0.462 e. The number of carbonyl (C=O) groups excluding carboxylic acids is 1. The van der Waals surface area contributed by atoms with Crippen LogP contribution in [0.2, 0.25) is 0 Å². The van der Waals surface area contributed by atoms with E-state index in [1.165, 1.54) is 0 Å². The van der Waals surface area contributed by atoms with Crippen LogP contribution in [0.5, 0.6) is 0 Å². The highest BCUT2D eigenvalue weighted by atomic mass is 16.5. The number of nitrogens with one attached hydrogen (secondary N) is 1. The fourth-order valence-electron chi connectivity index (χ4n) is 1.41. The molecule has 0 spiro atoms. The Morgan fingerprint density at radius 1 is 1.64 bits per heavy atom. The maximum absolute atomic E-state index is 11.3. The van der Waals surface area contributed by atoms with Crippen molar-refractivity contribution in [3.8, 4) is 6.07 Å². The van der Waals surface area contributed by atoms with E-state index in [-0.39, 0.29) is 5.57 Å². The lowest BCUT2D eigenvalue weighted by Gasteiger charge is -2.17. The Hall–Kier alpha value is -1.50. The van der Waals surface area contributed by atoms with Crippen LogP contribution >= 0.6 is 0 Å². The van der Waals surface area contributed by atoms with E-state index in [0.29, 0.717) is 6.61 Å². The monoisotopic (exact) mass is 194 g/mol. The maximum Gasteiger partial charge on any atom is 0.350 e. The number of nitriles is 1. The van der Waals surface area contributed by atoms with E-state index < -0.39 is 5.97 Å². The summed E-state index contributed by atoms with van der Waals surface area (Å²) in [6.07, 6.45) is 2.87. The van der Waals surface area contributed by atoms with Crippen molar-refractivity contribution in [3.63, 3.8) is 0 Å². The van der Waals surface area contributed by atoms with E-state index in [1.54, 1.807) is 6.92 Å². The summed E-state index contributed by atoms with van der Waals surface area (Å²) in [5.41, 5.74) is 0.865. The summed E-state index contributed by atoms with van der Waals surface area (Å²) < 4.78 is 4.79. The van der Waals surface area contributed by atoms with Crippen LogP contribution in [0, 0.1) is 11.3 Å². The quantitative estimate of drug-likeness (QED) is 0.406. The Kier molecular flexibility index (Phi) is 3.99. The Labute approximate surface area is 83.5 Å². The van der Waals surface area contributed by atoms with Gasteiger partial charge in [-0.3, -0.25) is 0 Å². The molecule has 0 unspecified atom stereocenters. The van der Waals surface area contributed by atoms with Crippen molar-refractivity contribution in [2.24, 2.45) is 0 Å². The Bertz CT molecular complexity index is 281. The highest BCUT2D eigenvalue weighted by molar-refractivity contribution is 5.93. The molecule has 1 rings (SSSR count). The number of esters is 1. The second-order valence-electron chi connectivity index (χ2n) is 3.07. The van der Waals surface area contributed by atoms with Gasteiger partial charge < -0.3 is 10.1 Å². The van der Waals surface area contributed by atoms with Crippen molar-refractivity contribution < 1.29 is 9.53 Å². The standard InChI is InChI=1S/C10H14N2O2/c1-2-14-10(13)8(7-11)9-5-3-4-6-12-9/h12H,2-6H2,1H3/b9-8+. The topological polar surface area (TPSA) is 62.1 Å². The molecule has 4 heteroatoms. The first-order chi connectivity index (χ1) is 6.79. The second kappa shape index (κ2) is 5.28. The molecule has 0 atom stereocenters. The van der Waals surface area contributed by atoms with Gasteiger partial charge in [-0.1, -0.05) is 0 Å². The van der Waals surface area contributed by atoms with E-state index in [4.69, 9.17) is 10.00 Å². The molecule has 1 aliphatic rings. The molecule has 1 heterocycles. The van der Waals surface area contributed by atoms with Crippen LogP contribution in [-0.4, -0.2) is 19.1 Å². The zero-order valence-electron chi connectivity index (χ0n) is 8.30. The van der Waals surface area contributed by atoms with Gasteiger partial charge in [0.05, 0.1) is 6.61 Å². The summed E-state index contributed by atoms with van der Waals surface area (Å²) in [6, 6.07) is 1.90. The fraction of sp³-hybridized carbons (Fsp3) is 0.600. The molecule has 0 radical (unpaired) electrons. The number of ether oxygens (including phenoxy) is 1. The highest BCUT2D eigenvalue weighted by Crippen LogP contribution is 2.15. The summed E-state index contributed by atoms with van der Waals surface area (Å²) in [5, 5.41) is 11.9. The van der Waals surface area contributed by atoms with E-state index in [9.17, 15) is 4.79 Å². The van der Waals surface area contributed by atoms with Crippen molar-refractivity contribution in [2.75, 3.05) is 13.2 Å². The molecule has 1 N–H and O–H groups in total. The van der Waals surface area contributed by atoms with Crippen LogP contribution in [0.4, 0.5) is 0 Å². The first kappa shape index (κ1) is 10.6. The smallest absolute Gasteiger partial charge is 0.350 e. The van der Waals surface area contributed by atoms with Gasteiger partial charge in [0.2, 0.25) is 0 Å². The first-order valence-corrected chi connectivity index (χ1v) is 4.83. The average molecular weight is 194 g/mol. The van der Waals surface area contributed by atoms with E-state index in [2.05, 4.69) is 5.32 Å². The SMILES string of the molecule is CCOC(=O)/C(C#N)=C1\CCCCN1. The van der Waals surface area contributed by atoms with Gasteiger partial charge in [-0.05, 0) is 26.2 Å². The van der Waals surface area contributed by atoms with Crippen molar-refractivity contribution in [2.45, 2.75) is 26.2 Å². The van der Waals surface area contributed by atoms with E-state index in [1.807, 2.05) is 6.07 Å². The van der Waals surface area contributed by atoms with Crippen LogP contribution in [0.1, 0.15) is 26.2 Å². The van der Waals surface area contributed by atoms with Crippen molar-refractivity contribution in [3.05, 3.63) is 11.3 Å². The molecule has 14 heavy (non-hydrogen) atoms. The lowest BCUT2D eigenvalue weighted by atomic mass is 10.1. The number of hydrogen-bond donors (Lipinski definition) is 1. The van der Waals surface area contributed by atoms with Gasteiger partial charge in [0.15, 0.2) is 5.57 Å². The third-order valence-corrected chi connectivity index (χ3v) is 2.09. The minimum absolute atomic E-state index is 0.131. The molecule has 0 bridgehead atoms. The van der Waals surface area contributed by atoms with Crippen molar-refractivity contribution >= 4 is 5.97 Å². The summed E-state index contributed by atoms with van der Waals surface area (Å²) in [5.74, 6) is -0.514. The average Bonchev–Trinajstić information content (AvgIpc) is 2.21. The lowest BCUT2D eigenvalue weighted by Crippen LogP contribution is -2.24. The molecule has 1 aliphatic heterocycles. The number of hydrogen-bond acceptors (Lipinski definition) is 4. The predicted molar refractivity (Wildman–Crippen MR) is 51.1 cm³/mol. The molecule has 4 nitrogen and oxygen atoms in total. The predicted octanol–water partition coefficient (Wildman–Crippen LogP) is 1.10. The number of carbonyl (C=O) groups is 1. The van der Waals surface area contributed by atoms with Gasteiger partial charge in [0.25, 0.3) is 0 Å². The Balaban J connectivity index is 2.77. The third kappa shape index (κ3) is 2.49. The number of nitrogens with zero attached hydrogens (tertiary/aromatic N) is 1. The molecular formula is C10H14N2O2. The molecule has 76 valence electrons. The van der Waals surface area contributed by atoms with Gasteiger partial charge >= 0.3 is 5.97 Å². The molecule has 1 fully saturated rings. The number of rotatable bonds is 2. The summed E-state index contributed by atoms with van der Waals surface area (Å²) >= 11 is 0. The first-order valence-electron chi connectivity index (χ1n) is 4.83. The van der Waals surface area contributed by atoms with Crippen molar-refractivity contribution in [1.82, 2.24) is 5.32 Å². The maximum atomic E-state index is 11.3. The minimum atomic E-state index is -0.514. The number of allylic oxidation sites excluding steroid dienone is 1. The van der Waals surface area contributed by atoms with Gasteiger partial charge in [-0.15, -0.1) is 0 Å². The molecule has 0 aromatic heterocycles. The van der Waals surface area contributed by atoms with Crippen LogP contribution in [-0.2, 0) is 9.53 Å². The lowest BCUT2D eigenvalue weighted by molar-refractivity contribution is -0.138. The van der Waals surface area contributed by atoms with Gasteiger partial charge in [0, 0.05) is 12.2 Å². The van der Waals surface area contributed by atoms with Crippen LogP contribution in [0.3, 0.4) is 0 Å². The van der Waals surface area contributed by atoms with Crippen LogP contribution < -0.4 is 5.32 Å². The van der Waals surface area contributed by atoms with Crippen LogP contribution in [0.25, 0.3) is 0 Å². The van der Waals surface area contributed by atoms with Gasteiger partial charge in [-0.2, -0.15) is 5.26 Å².